The first-order chi connectivity index (χ1) is 8.36. The maximum Gasteiger partial charge on any atom is 0.231 e. The highest BCUT2D eigenvalue weighted by molar-refractivity contribution is 8.02. The van der Waals surface area contributed by atoms with E-state index in [1.165, 1.54) is 6.07 Å². The molecule has 0 fully saturated rings. The van der Waals surface area contributed by atoms with Crippen LogP contribution in [0.4, 0.5) is 0 Å². The Kier molecular flexibility index (Phi) is 5.89. The topological polar surface area (TPSA) is 118 Å². The fourth-order valence-corrected chi connectivity index (χ4v) is 4.90. The zero-order valence-electron chi connectivity index (χ0n) is 9.48. The van der Waals surface area contributed by atoms with Crippen molar-refractivity contribution < 1.29 is 22.3 Å². The van der Waals surface area contributed by atoms with Crippen LogP contribution in [0.5, 0.6) is 0 Å². The summed E-state index contributed by atoms with van der Waals surface area (Å²) in [5.74, 6) is 0. The third-order valence-electron chi connectivity index (χ3n) is 2.23. The van der Waals surface area contributed by atoms with E-state index in [0.29, 0.717) is 12.8 Å². The van der Waals surface area contributed by atoms with Gasteiger partial charge in [-0.1, -0.05) is 0 Å². The first kappa shape index (κ1) is 15.7. The molecule has 1 rings (SSSR count). The van der Waals surface area contributed by atoms with Gasteiger partial charge in [-0.3, -0.25) is 0 Å². The van der Waals surface area contributed by atoms with Crippen molar-refractivity contribution in [2.24, 2.45) is 5.14 Å². The first-order valence-electron chi connectivity index (χ1n) is 5.17. The number of primary sulfonamides is 1. The molecule has 0 aromatic carbocycles. The lowest BCUT2D eigenvalue weighted by atomic mass is 10.2. The average molecular weight is 313 g/mol. The summed E-state index contributed by atoms with van der Waals surface area (Å²) in [6.45, 7) is 0.110. The minimum Gasteiger partial charge on any atom is -0.396 e. The Labute approximate surface area is 112 Å². The molecule has 9 heteroatoms. The molecular weight excluding hydrogens is 298 g/mol. The largest absolute Gasteiger partial charge is 0.396 e. The van der Waals surface area contributed by atoms with Crippen LogP contribution in [0.15, 0.2) is 12.1 Å². The highest BCUT2D eigenvalue weighted by Crippen LogP contribution is 2.30. The zero-order valence-corrected chi connectivity index (χ0v) is 11.9. The third kappa shape index (κ3) is 4.41. The van der Waals surface area contributed by atoms with E-state index in [1.807, 2.05) is 0 Å². The van der Waals surface area contributed by atoms with E-state index in [-0.39, 0.29) is 11.5 Å². The maximum atomic E-state index is 11.2. The fraction of sp³-hybridized carbons (Fsp3) is 0.556. The van der Waals surface area contributed by atoms with Gasteiger partial charge in [0.2, 0.25) is 14.6 Å². The molecule has 2 atom stereocenters. The predicted molar refractivity (Wildman–Crippen MR) is 71.0 cm³/mol. The van der Waals surface area contributed by atoms with Crippen LogP contribution >= 0.6 is 11.3 Å². The molecule has 0 radical (unpaired) electrons. The molecule has 1 heterocycles. The van der Waals surface area contributed by atoms with Gasteiger partial charge >= 0.3 is 0 Å². The summed E-state index contributed by atoms with van der Waals surface area (Å²) >= 11 is -1.41. The van der Waals surface area contributed by atoms with Gasteiger partial charge in [0.15, 0.2) is 11.1 Å². The van der Waals surface area contributed by atoms with E-state index in [2.05, 4.69) is 0 Å². The van der Waals surface area contributed by atoms with E-state index in [1.54, 1.807) is 6.07 Å². The molecule has 6 nitrogen and oxygen atoms in total. The quantitative estimate of drug-likeness (QED) is 0.502. The van der Waals surface area contributed by atoms with Gasteiger partial charge in [-0.05, 0) is 31.4 Å². The van der Waals surface area contributed by atoms with Crippen LogP contribution in [-0.2, 0) is 27.5 Å². The van der Waals surface area contributed by atoms with Gasteiger partial charge in [-0.15, -0.1) is 11.3 Å². The second-order valence-electron chi connectivity index (χ2n) is 3.68. The van der Waals surface area contributed by atoms with E-state index >= 15 is 0 Å². The minimum atomic E-state index is -4.11. The molecule has 0 saturated carbocycles. The van der Waals surface area contributed by atoms with E-state index in [4.69, 9.17) is 14.8 Å². The number of nitrogens with two attached hydrogens (primary N) is 1. The average Bonchev–Trinajstić information content (AvgIpc) is 2.64. The minimum absolute atomic E-state index is 0.110. The van der Waals surface area contributed by atoms with Crippen LogP contribution in [0.25, 0.3) is 0 Å². The van der Waals surface area contributed by atoms with E-state index < -0.39 is 25.7 Å². The number of thiophene rings is 1. The van der Waals surface area contributed by atoms with Crippen molar-refractivity contribution in [1.29, 1.82) is 0 Å². The second-order valence-corrected chi connectivity index (χ2v) is 7.85. The molecule has 104 valence electrons. The number of aryl methyl sites for hydroxylation is 1. The molecule has 0 saturated heterocycles. The summed E-state index contributed by atoms with van der Waals surface area (Å²) in [5.41, 5.74) is 0. The lowest BCUT2D eigenvalue weighted by Crippen LogP contribution is -2.24. The van der Waals surface area contributed by atoms with Crippen molar-refractivity contribution in [2.45, 2.75) is 23.8 Å². The number of rotatable bonds is 7. The van der Waals surface area contributed by atoms with Crippen molar-refractivity contribution in [3.63, 3.8) is 0 Å². The van der Waals surface area contributed by atoms with Crippen molar-refractivity contribution >= 4 is 32.4 Å². The molecule has 0 aliphatic heterocycles. The van der Waals surface area contributed by atoms with Crippen molar-refractivity contribution in [3.8, 4) is 0 Å². The van der Waals surface area contributed by atoms with Gasteiger partial charge in [0, 0.05) is 16.4 Å². The van der Waals surface area contributed by atoms with E-state index in [9.17, 15) is 12.6 Å². The standard InChI is InChI=1S/C9H15NO5S3/c10-18(14,15)9(17(12)13)8-5-4-7(16-8)3-1-2-6-11/h4-5,9,11H,1-3,6H2,(H,12,13)(H2,10,14,15). The van der Waals surface area contributed by atoms with Crippen LogP contribution in [0, 0.1) is 0 Å². The number of hydrogen-bond donors (Lipinski definition) is 3. The highest BCUT2D eigenvalue weighted by Gasteiger charge is 2.31. The number of sulfonamides is 1. The lowest BCUT2D eigenvalue weighted by molar-refractivity contribution is 0.285. The molecule has 0 aliphatic rings. The molecule has 0 amide bonds. The summed E-state index contributed by atoms with van der Waals surface area (Å²) in [7, 11) is -4.11. The third-order valence-corrected chi connectivity index (χ3v) is 6.51. The predicted octanol–water partition coefficient (Wildman–Crippen LogP) is 0.572. The monoisotopic (exact) mass is 313 g/mol. The van der Waals surface area contributed by atoms with Gasteiger partial charge < -0.3 is 9.66 Å². The van der Waals surface area contributed by atoms with Crippen molar-refractivity contribution in [2.75, 3.05) is 6.61 Å². The number of unbranched alkanes of at least 4 members (excludes halogenated alkanes) is 1. The first-order valence-corrected chi connectivity index (χ1v) is 8.76. The zero-order chi connectivity index (χ0) is 13.8. The molecule has 0 aliphatic carbocycles. The maximum absolute atomic E-state index is 11.2. The van der Waals surface area contributed by atoms with Crippen LogP contribution in [0.3, 0.4) is 0 Å². The Morgan fingerprint density at radius 2 is 2.06 bits per heavy atom. The molecule has 0 spiro atoms. The number of aliphatic hydroxyl groups is 1. The molecule has 2 unspecified atom stereocenters. The smallest absolute Gasteiger partial charge is 0.231 e. The Balaban J connectivity index is 2.86. The van der Waals surface area contributed by atoms with Gasteiger partial charge in [-0.25, -0.2) is 17.8 Å². The van der Waals surface area contributed by atoms with Gasteiger partial charge in [-0.2, -0.15) is 0 Å². The molecular formula is C9H15NO5S3. The Morgan fingerprint density at radius 1 is 1.39 bits per heavy atom. The van der Waals surface area contributed by atoms with Crippen LogP contribution < -0.4 is 5.14 Å². The van der Waals surface area contributed by atoms with Gasteiger partial charge in [0.1, 0.15) is 0 Å². The molecule has 4 N–H and O–H groups in total. The molecule has 1 aromatic heterocycles. The fourth-order valence-electron chi connectivity index (χ4n) is 1.44. The van der Waals surface area contributed by atoms with Crippen LogP contribution in [0.2, 0.25) is 0 Å². The summed E-state index contributed by atoms with van der Waals surface area (Å²) in [6, 6.07) is 3.21. The SMILES string of the molecule is NS(=O)(=O)C(c1ccc(CCCCO)s1)S(=O)O. The summed E-state index contributed by atoms with van der Waals surface area (Å²) in [4.78, 5) is 1.16. The number of aliphatic hydroxyl groups excluding tert-OH is 1. The Morgan fingerprint density at radius 3 is 2.56 bits per heavy atom. The highest BCUT2D eigenvalue weighted by atomic mass is 32.3. The summed E-state index contributed by atoms with van der Waals surface area (Å²) in [6.07, 6.45) is 2.14. The Hall–Kier alpha value is -0.320. The van der Waals surface area contributed by atoms with Crippen LogP contribution in [0.1, 0.15) is 27.2 Å². The molecule has 1 aromatic rings. The lowest BCUT2D eigenvalue weighted by Gasteiger charge is -2.07. The molecule has 0 bridgehead atoms. The van der Waals surface area contributed by atoms with Crippen molar-refractivity contribution in [1.82, 2.24) is 0 Å². The molecule has 18 heavy (non-hydrogen) atoms. The summed E-state index contributed by atoms with van der Waals surface area (Å²) < 4.78 is 40.9. The normalized spacial score (nSPS) is 15.5. The Bertz CT molecular complexity index is 510. The van der Waals surface area contributed by atoms with E-state index in [0.717, 1.165) is 22.6 Å². The van der Waals surface area contributed by atoms with Gasteiger partial charge in [0.05, 0.1) is 0 Å². The van der Waals surface area contributed by atoms with Gasteiger partial charge in [0.25, 0.3) is 0 Å². The summed E-state index contributed by atoms with van der Waals surface area (Å²) in [5, 5.41) is 13.6. The van der Waals surface area contributed by atoms with Crippen molar-refractivity contribution in [3.05, 3.63) is 21.9 Å². The number of hydrogen-bond acceptors (Lipinski definition) is 5. The second kappa shape index (κ2) is 6.73. The van der Waals surface area contributed by atoms with Crippen LogP contribution in [-0.4, -0.2) is 28.9 Å².